The Morgan fingerprint density at radius 3 is 2.57 bits per heavy atom. The van der Waals surface area contributed by atoms with Crippen LogP contribution >= 0.6 is 11.3 Å². The number of fused-ring (bicyclic) bond motifs is 1. The SMILES string of the molecule is Cc1ccc2nc(Nc3ccc(-c4cnc(OCC5CC5)nc4)cc3)sc2c1. The molecule has 1 fully saturated rings. The highest BCUT2D eigenvalue weighted by Crippen LogP contribution is 2.30. The van der Waals surface area contributed by atoms with Crippen LogP contribution in [0.15, 0.2) is 54.9 Å². The van der Waals surface area contributed by atoms with E-state index in [4.69, 9.17) is 4.74 Å². The van der Waals surface area contributed by atoms with Crippen molar-refractivity contribution >= 4 is 32.4 Å². The zero-order valence-electron chi connectivity index (χ0n) is 15.6. The summed E-state index contributed by atoms with van der Waals surface area (Å²) in [5.41, 5.74) is 5.32. The van der Waals surface area contributed by atoms with Crippen LogP contribution < -0.4 is 10.1 Å². The van der Waals surface area contributed by atoms with Crippen LogP contribution in [0.3, 0.4) is 0 Å². The number of nitrogens with one attached hydrogen (secondary N) is 1. The Labute approximate surface area is 167 Å². The lowest BCUT2D eigenvalue weighted by molar-refractivity contribution is 0.276. The van der Waals surface area contributed by atoms with Gasteiger partial charge in [-0.15, -0.1) is 0 Å². The van der Waals surface area contributed by atoms with Gasteiger partial charge in [0.2, 0.25) is 0 Å². The molecule has 0 atom stereocenters. The summed E-state index contributed by atoms with van der Waals surface area (Å²) >= 11 is 1.66. The Hall–Kier alpha value is -2.99. The second kappa shape index (κ2) is 7.20. The van der Waals surface area contributed by atoms with Crippen LogP contribution in [0.2, 0.25) is 0 Å². The maximum atomic E-state index is 5.60. The summed E-state index contributed by atoms with van der Waals surface area (Å²) < 4.78 is 6.80. The molecule has 0 radical (unpaired) electrons. The number of thiazole rings is 1. The van der Waals surface area contributed by atoms with Crippen LogP contribution in [-0.4, -0.2) is 21.6 Å². The van der Waals surface area contributed by atoms with Gasteiger partial charge in [0, 0.05) is 23.6 Å². The third-order valence-electron chi connectivity index (χ3n) is 4.79. The topological polar surface area (TPSA) is 59.9 Å². The summed E-state index contributed by atoms with van der Waals surface area (Å²) in [7, 11) is 0. The highest BCUT2D eigenvalue weighted by Gasteiger charge is 2.22. The molecule has 2 heterocycles. The van der Waals surface area contributed by atoms with Gasteiger partial charge in [-0.2, -0.15) is 0 Å². The second-order valence-corrected chi connectivity index (χ2v) is 8.23. The van der Waals surface area contributed by atoms with Crippen molar-refractivity contribution < 1.29 is 4.74 Å². The number of hydrogen-bond donors (Lipinski definition) is 1. The van der Waals surface area contributed by atoms with E-state index in [0.29, 0.717) is 11.9 Å². The Morgan fingerprint density at radius 2 is 1.82 bits per heavy atom. The van der Waals surface area contributed by atoms with E-state index in [-0.39, 0.29) is 0 Å². The van der Waals surface area contributed by atoms with Crippen molar-refractivity contribution in [3.05, 3.63) is 60.4 Å². The minimum atomic E-state index is 0.458. The number of nitrogens with zero attached hydrogens (tertiary/aromatic N) is 3. The maximum Gasteiger partial charge on any atom is 0.316 e. The van der Waals surface area contributed by atoms with Gasteiger partial charge in [0.15, 0.2) is 5.13 Å². The van der Waals surface area contributed by atoms with E-state index in [2.05, 4.69) is 57.5 Å². The fraction of sp³-hybridized carbons (Fsp3) is 0.227. The fourth-order valence-corrected chi connectivity index (χ4v) is 3.96. The molecule has 28 heavy (non-hydrogen) atoms. The zero-order chi connectivity index (χ0) is 18.9. The van der Waals surface area contributed by atoms with Crippen molar-refractivity contribution in [3.63, 3.8) is 0 Å². The Morgan fingerprint density at radius 1 is 1.04 bits per heavy atom. The van der Waals surface area contributed by atoms with Gasteiger partial charge < -0.3 is 10.1 Å². The number of ether oxygens (including phenoxy) is 1. The van der Waals surface area contributed by atoms with Crippen LogP contribution in [0.1, 0.15) is 18.4 Å². The molecule has 0 spiro atoms. The molecule has 5 nitrogen and oxygen atoms in total. The van der Waals surface area contributed by atoms with Crippen LogP contribution in [0, 0.1) is 12.8 Å². The number of benzene rings is 2. The Bertz CT molecular complexity index is 1100. The predicted octanol–water partition coefficient (Wildman–Crippen LogP) is 5.59. The molecular formula is C22H20N4OS. The van der Waals surface area contributed by atoms with Gasteiger partial charge in [0.05, 0.1) is 16.8 Å². The van der Waals surface area contributed by atoms with Gasteiger partial charge in [0.1, 0.15) is 0 Å². The first-order valence-corrected chi connectivity index (χ1v) is 10.2. The van der Waals surface area contributed by atoms with Crippen LogP contribution in [-0.2, 0) is 0 Å². The summed E-state index contributed by atoms with van der Waals surface area (Å²) in [6.45, 7) is 2.82. The highest BCUT2D eigenvalue weighted by atomic mass is 32.1. The lowest BCUT2D eigenvalue weighted by Gasteiger charge is -2.06. The lowest BCUT2D eigenvalue weighted by atomic mass is 10.1. The van der Waals surface area contributed by atoms with Crippen LogP contribution in [0.5, 0.6) is 6.01 Å². The molecule has 1 aliphatic carbocycles. The molecule has 0 saturated heterocycles. The van der Waals surface area contributed by atoms with Crippen molar-refractivity contribution in [2.75, 3.05) is 11.9 Å². The number of hydrogen-bond acceptors (Lipinski definition) is 6. The minimum Gasteiger partial charge on any atom is -0.463 e. The summed E-state index contributed by atoms with van der Waals surface area (Å²) in [6, 6.07) is 15.0. The van der Waals surface area contributed by atoms with E-state index < -0.39 is 0 Å². The summed E-state index contributed by atoms with van der Waals surface area (Å²) in [5, 5.41) is 4.29. The van der Waals surface area contributed by atoms with Gasteiger partial charge in [0.25, 0.3) is 0 Å². The summed E-state index contributed by atoms with van der Waals surface area (Å²) in [6.07, 6.45) is 6.14. The molecule has 2 aromatic heterocycles. The number of anilines is 2. The first-order chi connectivity index (χ1) is 13.7. The molecule has 5 rings (SSSR count). The number of rotatable bonds is 6. The molecule has 140 valence electrons. The van der Waals surface area contributed by atoms with Crippen LogP contribution in [0.25, 0.3) is 21.3 Å². The number of aromatic nitrogens is 3. The molecule has 0 bridgehead atoms. The largest absolute Gasteiger partial charge is 0.463 e. The second-order valence-electron chi connectivity index (χ2n) is 7.20. The maximum absolute atomic E-state index is 5.60. The number of aryl methyl sites for hydroxylation is 1. The average molecular weight is 388 g/mol. The minimum absolute atomic E-state index is 0.458. The van der Waals surface area contributed by atoms with Gasteiger partial charge >= 0.3 is 6.01 Å². The first-order valence-electron chi connectivity index (χ1n) is 9.42. The molecule has 0 unspecified atom stereocenters. The standard InChI is InChI=1S/C22H20N4OS/c1-14-2-9-19-20(10-14)28-22(26-19)25-18-7-5-16(6-8-18)17-11-23-21(24-12-17)27-13-15-3-4-15/h2,5-12,15H,3-4,13H2,1H3,(H,25,26). The molecule has 1 N–H and O–H groups in total. The zero-order valence-corrected chi connectivity index (χ0v) is 16.4. The molecule has 6 heteroatoms. The van der Waals surface area contributed by atoms with E-state index in [9.17, 15) is 0 Å². The van der Waals surface area contributed by atoms with Crippen molar-refractivity contribution in [1.29, 1.82) is 0 Å². The predicted molar refractivity (Wildman–Crippen MR) is 113 cm³/mol. The quantitative estimate of drug-likeness (QED) is 0.466. The van der Waals surface area contributed by atoms with E-state index in [0.717, 1.165) is 34.1 Å². The third kappa shape index (κ3) is 3.82. The smallest absolute Gasteiger partial charge is 0.316 e. The van der Waals surface area contributed by atoms with Gasteiger partial charge in [-0.05, 0) is 61.1 Å². The lowest BCUT2D eigenvalue weighted by Crippen LogP contribution is -2.02. The molecule has 0 aliphatic heterocycles. The third-order valence-corrected chi connectivity index (χ3v) is 5.72. The van der Waals surface area contributed by atoms with Crippen molar-refractivity contribution in [1.82, 2.24) is 15.0 Å². The molecule has 1 saturated carbocycles. The fourth-order valence-electron chi connectivity index (χ4n) is 2.97. The van der Waals surface area contributed by atoms with Crippen molar-refractivity contribution in [2.45, 2.75) is 19.8 Å². The van der Waals surface area contributed by atoms with Gasteiger partial charge in [-0.1, -0.05) is 29.5 Å². The van der Waals surface area contributed by atoms with Crippen LogP contribution in [0.4, 0.5) is 10.8 Å². The first kappa shape index (κ1) is 17.1. The van der Waals surface area contributed by atoms with Crippen molar-refractivity contribution in [2.24, 2.45) is 5.92 Å². The molecule has 1 aliphatic rings. The molecular weight excluding hydrogens is 368 g/mol. The Kier molecular flexibility index (Phi) is 4.41. The van der Waals surface area contributed by atoms with E-state index in [1.165, 1.54) is 23.1 Å². The van der Waals surface area contributed by atoms with E-state index in [1.807, 2.05) is 24.5 Å². The van der Waals surface area contributed by atoms with Gasteiger partial charge in [-0.3, -0.25) is 0 Å². The Balaban J connectivity index is 1.27. The molecule has 4 aromatic rings. The monoisotopic (exact) mass is 388 g/mol. The molecule has 2 aromatic carbocycles. The van der Waals surface area contributed by atoms with Gasteiger partial charge in [-0.25, -0.2) is 15.0 Å². The average Bonchev–Trinajstić information content (AvgIpc) is 3.46. The van der Waals surface area contributed by atoms with E-state index in [1.54, 1.807) is 11.3 Å². The normalized spacial score (nSPS) is 13.6. The summed E-state index contributed by atoms with van der Waals surface area (Å²) in [5.74, 6) is 0.697. The highest BCUT2D eigenvalue weighted by molar-refractivity contribution is 7.22. The van der Waals surface area contributed by atoms with E-state index >= 15 is 0 Å². The van der Waals surface area contributed by atoms with Crippen molar-refractivity contribution in [3.8, 4) is 17.1 Å². The summed E-state index contributed by atoms with van der Waals surface area (Å²) in [4.78, 5) is 13.3. The molecule has 0 amide bonds.